The zero-order valence-electron chi connectivity index (χ0n) is 23.4. The number of carbonyl (C=O) groups is 1. The predicted molar refractivity (Wildman–Crippen MR) is 154 cm³/mol. The van der Waals surface area contributed by atoms with Crippen molar-refractivity contribution in [1.82, 2.24) is 4.90 Å². The van der Waals surface area contributed by atoms with Crippen molar-refractivity contribution in [3.8, 4) is 0 Å². The molecular formula is C30H38N2O7S. The van der Waals surface area contributed by atoms with E-state index in [1.165, 1.54) is 28.3 Å². The highest BCUT2D eigenvalue weighted by atomic mass is 32.2. The maximum atomic E-state index is 11.9. The third kappa shape index (κ3) is 11.6. The van der Waals surface area contributed by atoms with Crippen molar-refractivity contribution < 1.29 is 27.4 Å². The molecule has 0 saturated carbocycles. The van der Waals surface area contributed by atoms with Gasteiger partial charge in [0.1, 0.15) is 11.5 Å². The van der Waals surface area contributed by atoms with Crippen LogP contribution in [0.3, 0.4) is 0 Å². The average molecular weight is 571 g/mol. The number of non-ortho nitro benzene ring substituents is 1. The summed E-state index contributed by atoms with van der Waals surface area (Å²) in [6.45, 7) is 11.4. The van der Waals surface area contributed by atoms with Crippen LogP contribution < -0.4 is 0 Å². The second-order valence-electron chi connectivity index (χ2n) is 9.95. The first-order valence-electron chi connectivity index (χ1n) is 13.1. The van der Waals surface area contributed by atoms with E-state index in [9.17, 15) is 23.3 Å². The third-order valence-corrected chi connectivity index (χ3v) is 7.08. The Balaban J connectivity index is 0.000000360. The van der Waals surface area contributed by atoms with E-state index in [1.807, 2.05) is 0 Å². The van der Waals surface area contributed by atoms with Crippen LogP contribution in [-0.2, 0) is 32.7 Å². The van der Waals surface area contributed by atoms with Crippen molar-refractivity contribution in [1.29, 1.82) is 0 Å². The molecule has 9 nitrogen and oxygen atoms in total. The van der Waals surface area contributed by atoms with Gasteiger partial charge in [0.2, 0.25) is 0 Å². The maximum Gasteiger partial charge on any atom is 0.305 e. The summed E-state index contributed by atoms with van der Waals surface area (Å²) < 4.78 is 35.1. The van der Waals surface area contributed by atoms with Gasteiger partial charge in [-0.25, -0.2) is 0 Å². The van der Waals surface area contributed by atoms with Crippen molar-refractivity contribution in [2.45, 2.75) is 58.5 Å². The molecule has 10 heteroatoms. The van der Waals surface area contributed by atoms with Gasteiger partial charge in [0.05, 0.1) is 4.92 Å². The Hall–Kier alpha value is -3.60. The normalized spacial score (nSPS) is 11.2. The van der Waals surface area contributed by atoms with Gasteiger partial charge in [0, 0.05) is 38.2 Å². The van der Waals surface area contributed by atoms with Crippen LogP contribution in [0.2, 0.25) is 0 Å². The number of benzene rings is 3. The van der Waals surface area contributed by atoms with Gasteiger partial charge in [-0.15, -0.1) is 0 Å². The first-order chi connectivity index (χ1) is 18.9. The fraction of sp³-hybridized carbons (Fsp3) is 0.367. The molecule has 0 aliphatic carbocycles. The highest BCUT2D eigenvalue weighted by Gasteiger charge is 2.14. The van der Waals surface area contributed by atoms with Gasteiger partial charge in [0.15, 0.2) is 0 Å². The largest absolute Gasteiger partial charge is 0.464 e. The second-order valence-corrected chi connectivity index (χ2v) is 11.4. The molecule has 0 aliphatic rings. The van der Waals surface area contributed by atoms with Crippen molar-refractivity contribution in [2.24, 2.45) is 5.92 Å². The van der Waals surface area contributed by atoms with E-state index in [4.69, 9.17) is 9.29 Å². The number of hydrogen-bond acceptors (Lipinski definition) is 7. The lowest BCUT2D eigenvalue weighted by Crippen LogP contribution is -2.28. The number of aryl methyl sites for hydroxylation is 2. The number of nitro groups is 1. The molecule has 0 bridgehead atoms. The number of hydrogen-bond donors (Lipinski definition) is 1. The summed E-state index contributed by atoms with van der Waals surface area (Å²) >= 11 is 0. The summed E-state index contributed by atoms with van der Waals surface area (Å²) in [7, 11) is -4.36. The van der Waals surface area contributed by atoms with Gasteiger partial charge in [-0.3, -0.25) is 24.4 Å². The van der Waals surface area contributed by atoms with Gasteiger partial charge in [-0.1, -0.05) is 68.4 Å². The van der Waals surface area contributed by atoms with Gasteiger partial charge >= 0.3 is 5.97 Å². The molecule has 3 rings (SSSR count). The van der Waals surface area contributed by atoms with Crippen LogP contribution >= 0.6 is 0 Å². The molecule has 1 N–H and O–H groups in total. The first kappa shape index (κ1) is 32.6. The monoisotopic (exact) mass is 570 g/mol. The zero-order valence-corrected chi connectivity index (χ0v) is 24.3. The van der Waals surface area contributed by atoms with E-state index in [0.29, 0.717) is 18.9 Å². The lowest BCUT2D eigenvalue weighted by Gasteiger charge is -2.24. The number of esters is 1. The molecule has 216 valence electrons. The van der Waals surface area contributed by atoms with E-state index in [1.54, 1.807) is 0 Å². The summed E-state index contributed by atoms with van der Waals surface area (Å²) in [4.78, 5) is 23.3. The Morgan fingerprint density at radius 3 is 1.98 bits per heavy atom. The van der Waals surface area contributed by atoms with Gasteiger partial charge in [-0.05, 0) is 54.5 Å². The van der Waals surface area contributed by atoms with E-state index < -0.39 is 19.9 Å². The average Bonchev–Trinajstić information content (AvgIpc) is 2.90. The van der Waals surface area contributed by atoms with Crippen molar-refractivity contribution in [3.63, 3.8) is 0 Å². The zero-order chi connectivity index (χ0) is 29.7. The minimum absolute atomic E-state index is 0.0876. The molecule has 0 fully saturated rings. The molecule has 40 heavy (non-hydrogen) atoms. The third-order valence-electron chi connectivity index (χ3n) is 6.23. The fourth-order valence-corrected chi connectivity index (χ4v) is 4.32. The first-order valence-corrected chi connectivity index (χ1v) is 14.5. The highest BCUT2D eigenvalue weighted by Crippen LogP contribution is 2.17. The van der Waals surface area contributed by atoms with Crippen molar-refractivity contribution >= 4 is 21.8 Å². The lowest BCUT2D eigenvalue weighted by atomic mass is 10.1. The van der Waals surface area contributed by atoms with Crippen LogP contribution in [0.15, 0.2) is 77.7 Å². The molecule has 0 radical (unpaired) electrons. The molecule has 0 spiro atoms. The summed E-state index contributed by atoms with van der Waals surface area (Å²) in [6, 6.07) is 21.1. The Morgan fingerprint density at radius 2 is 1.50 bits per heavy atom. The number of nitrogens with zero attached hydrogens (tertiary/aromatic N) is 2. The number of rotatable bonds is 12. The lowest BCUT2D eigenvalue weighted by molar-refractivity contribution is -0.385. The molecule has 0 unspecified atom stereocenters. The number of carbonyl (C=O) groups excluding carboxylic acids is 1. The number of ether oxygens (including phenoxy) is 1. The Morgan fingerprint density at radius 1 is 0.950 bits per heavy atom. The Bertz CT molecular complexity index is 1330. The smallest absolute Gasteiger partial charge is 0.305 e. The minimum atomic E-state index is -4.36. The summed E-state index contributed by atoms with van der Waals surface area (Å²) in [5, 5.41) is 10.2. The SMILES string of the molecule is Cc1ccccc1CN(CCOC(=O)CCC(C)C)Cc1ccccc1C.O=[N+]([O-])c1cccc(S(=O)(=O)O)c1. The topological polar surface area (TPSA) is 127 Å². The standard InChI is InChI=1S/C24H33NO2.C6H5NO5S/c1-19(2)13-14-24(26)27-16-15-25(17-22-11-7-5-9-20(22)3)18-23-12-8-6-10-21(23)4;8-7(9)5-2-1-3-6(4-5)13(10,11)12/h5-12,19H,13-18H2,1-4H3;1-4H,(H,10,11,12). The molecule has 0 aliphatic heterocycles. The van der Waals surface area contributed by atoms with E-state index >= 15 is 0 Å². The molecular weight excluding hydrogens is 532 g/mol. The van der Waals surface area contributed by atoms with Crippen molar-refractivity contribution in [3.05, 3.63) is 105 Å². The molecule has 0 amide bonds. The maximum absolute atomic E-state index is 11.9. The molecule has 0 aromatic heterocycles. The van der Waals surface area contributed by atoms with Crippen LogP contribution in [0.1, 0.15) is 48.9 Å². The predicted octanol–water partition coefficient (Wildman–Crippen LogP) is 6.13. The van der Waals surface area contributed by atoms with Crippen LogP contribution in [0.4, 0.5) is 5.69 Å². The molecule has 3 aromatic carbocycles. The Kier molecular flexibility index (Phi) is 12.9. The van der Waals surface area contributed by atoms with Crippen LogP contribution in [-0.4, -0.2) is 41.9 Å². The van der Waals surface area contributed by atoms with Gasteiger partial charge < -0.3 is 4.74 Å². The fourth-order valence-electron chi connectivity index (χ4n) is 3.80. The van der Waals surface area contributed by atoms with E-state index in [0.717, 1.165) is 44.3 Å². The summed E-state index contributed by atoms with van der Waals surface area (Å²) in [6.07, 6.45) is 1.39. The quantitative estimate of drug-likeness (QED) is 0.119. The van der Waals surface area contributed by atoms with Gasteiger partial charge in [0.25, 0.3) is 15.8 Å². The summed E-state index contributed by atoms with van der Waals surface area (Å²) in [5.41, 5.74) is 4.84. The molecule has 0 atom stereocenters. The van der Waals surface area contributed by atoms with E-state index in [-0.39, 0.29) is 11.7 Å². The summed E-state index contributed by atoms with van der Waals surface area (Å²) in [5.74, 6) is 0.437. The van der Waals surface area contributed by atoms with Crippen LogP contribution in [0.25, 0.3) is 0 Å². The number of nitro benzene ring substituents is 1. The van der Waals surface area contributed by atoms with Crippen molar-refractivity contribution in [2.75, 3.05) is 13.2 Å². The minimum Gasteiger partial charge on any atom is -0.464 e. The van der Waals surface area contributed by atoms with E-state index in [2.05, 4.69) is 81.1 Å². The second kappa shape index (κ2) is 15.9. The van der Waals surface area contributed by atoms with Crippen LogP contribution in [0.5, 0.6) is 0 Å². The molecule has 0 heterocycles. The van der Waals surface area contributed by atoms with Crippen LogP contribution in [0, 0.1) is 29.9 Å². The molecule has 0 saturated heterocycles. The Labute approximate surface area is 236 Å². The molecule has 3 aromatic rings. The highest BCUT2D eigenvalue weighted by molar-refractivity contribution is 7.85. The van der Waals surface area contributed by atoms with Gasteiger partial charge in [-0.2, -0.15) is 8.42 Å².